The van der Waals surface area contributed by atoms with Crippen molar-refractivity contribution in [2.45, 2.75) is 77.6 Å². The monoisotopic (exact) mass is 228 g/mol. The van der Waals surface area contributed by atoms with Gasteiger partial charge < -0.3 is 0 Å². The molecule has 0 heterocycles. The predicted octanol–water partition coefficient (Wildman–Crippen LogP) is 4.64. The first-order valence-electron chi connectivity index (χ1n) is 6.21. The molecule has 0 aromatic heterocycles. The fourth-order valence-electron chi connectivity index (χ4n) is 2.08. The molecule has 0 aliphatic rings. The number of ketones is 1. The maximum Gasteiger partial charge on any atom is 0.133 e. The molecule has 0 spiro atoms. The molecule has 90 valence electrons. The fourth-order valence-corrected chi connectivity index (χ4v) is 5.10. The second-order valence-corrected chi connectivity index (χ2v) is 11.8. The number of carbonyl (C=O) groups is 1. The van der Waals surface area contributed by atoms with E-state index in [-0.39, 0.29) is 0 Å². The lowest BCUT2D eigenvalue weighted by atomic mass is 10.1. The van der Waals surface area contributed by atoms with Crippen molar-refractivity contribution in [1.29, 1.82) is 0 Å². The van der Waals surface area contributed by atoms with Crippen LogP contribution in [0.4, 0.5) is 0 Å². The molecule has 1 atom stereocenters. The molecule has 0 bridgehead atoms. The van der Waals surface area contributed by atoms with E-state index in [2.05, 4.69) is 47.7 Å². The Morgan fingerprint density at radius 3 is 1.93 bits per heavy atom. The summed E-state index contributed by atoms with van der Waals surface area (Å²) < 4.78 is 0. The van der Waals surface area contributed by atoms with Gasteiger partial charge in [0.25, 0.3) is 0 Å². The Bertz CT molecular complexity index is 213. The van der Waals surface area contributed by atoms with Gasteiger partial charge in [-0.05, 0) is 17.9 Å². The fraction of sp³-hybridized carbons (Fsp3) is 0.923. The van der Waals surface area contributed by atoms with Gasteiger partial charge in [0.15, 0.2) is 0 Å². The number of hydrogen-bond donors (Lipinski definition) is 0. The molecule has 0 aromatic rings. The van der Waals surface area contributed by atoms with Gasteiger partial charge in [-0.15, -0.1) is 0 Å². The highest BCUT2D eigenvalue weighted by atomic mass is 28.3. The van der Waals surface area contributed by atoms with Crippen LogP contribution in [0, 0.1) is 0 Å². The average molecular weight is 228 g/mol. The van der Waals surface area contributed by atoms with E-state index in [0.29, 0.717) is 16.4 Å². The summed E-state index contributed by atoms with van der Waals surface area (Å²) in [7, 11) is -1.48. The molecule has 0 aliphatic heterocycles. The zero-order valence-electron chi connectivity index (χ0n) is 11.6. The highest BCUT2D eigenvalue weighted by Crippen LogP contribution is 2.45. The van der Waals surface area contributed by atoms with Crippen LogP contribution in [0.3, 0.4) is 0 Å². The molecule has 0 fully saturated rings. The molecule has 0 aromatic carbocycles. The number of hydrogen-bond acceptors (Lipinski definition) is 1. The summed E-state index contributed by atoms with van der Waals surface area (Å²) in [6.07, 6.45) is 2.78. The minimum atomic E-state index is -1.48. The molecular formula is C13H28OSi. The Morgan fingerprint density at radius 1 is 1.20 bits per heavy atom. The normalized spacial score (nSPS) is 15.1. The first-order valence-corrected chi connectivity index (χ1v) is 9.28. The Hall–Kier alpha value is -0.113. The third-order valence-electron chi connectivity index (χ3n) is 4.10. The van der Waals surface area contributed by atoms with Gasteiger partial charge in [-0.3, -0.25) is 4.79 Å². The molecule has 0 amide bonds. The van der Waals surface area contributed by atoms with Crippen LogP contribution in [0.2, 0.25) is 23.7 Å². The lowest BCUT2D eigenvalue weighted by Gasteiger charge is -2.42. The number of Topliss-reactive ketones (excluding diaryl/α,β-unsaturated/α-hetero) is 1. The minimum absolute atomic E-state index is 0.317. The third-order valence-corrected chi connectivity index (χ3v) is 10.4. The van der Waals surface area contributed by atoms with E-state index >= 15 is 0 Å². The molecule has 0 rings (SSSR count). The molecule has 0 unspecified atom stereocenters. The zero-order chi connectivity index (χ0) is 12.3. The SMILES string of the molecule is CCCC(=O)[C@H](CC)[Si](C)(C)C(C)(C)C. The maximum atomic E-state index is 12.1. The van der Waals surface area contributed by atoms with E-state index in [1.165, 1.54) is 0 Å². The predicted molar refractivity (Wildman–Crippen MR) is 71.2 cm³/mol. The van der Waals surface area contributed by atoms with Crippen LogP contribution in [0.15, 0.2) is 0 Å². The Balaban J connectivity index is 4.88. The van der Waals surface area contributed by atoms with Crippen LogP contribution >= 0.6 is 0 Å². The third kappa shape index (κ3) is 3.44. The van der Waals surface area contributed by atoms with E-state index < -0.39 is 8.07 Å². The summed E-state index contributed by atoms with van der Waals surface area (Å²) >= 11 is 0. The van der Waals surface area contributed by atoms with E-state index in [0.717, 1.165) is 19.3 Å². The second-order valence-electron chi connectivity index (χ2n) is 6.15. The van der Waals surface area contributed by atoms with Gasteiger partial charge in [0.05, 0.1) is 8.07 Å². The summed E-state index contributed by atoms with van der Waals surface area (Å²) in [5, 5.41) is 0.317. The van der Waals surface area contributed by atoms with E-state index in [1.807, 2.05) is 0 Å². The average Bonchev–Trinajstić information content (AvgIpc) is 2.03. The van der Waals surface area contributed by atoms with Gasteiger partial charge in [-0.25, -0.2) is 0 Å². The van der Waals surface area contributed by atoms with Gasteiger partial charge in [0, 0.05) is 12.0 Å². The largest absolute Gasteiger partial charge is 0.300 e. The first-order chi connectivity index (χ1) is 6.68. The number of rotatable bonds is 5. The molecule has 2 heteroatoms. The quantitative estimate of drug-likeness (QED) is 0.626. The zero-order valence-corrected chi connectivity index (χ0v) is 12.6. The Morgan fingerprint density at radius 2 is 1.67 bits per heavy atom. The highest BCUT2D eigenvalue weighted by Gasteiger charge is 2.43. The summed E-state index contributed by atoms with van der Waals surface area (Å²) in [5.74, 6) is 0.506. The van der Waals surface area contributed by atoms with Gasteiger partial charge in [0.1, 0.15) is 5.78 Å². The van der Waals surface area contributed by atoms with Crippen LogP contribution in [0.25, 0.3) is 0 Å². The van der Waals surface area contributed by atoms with Crippen LogP contribution in [0.5, 0.6) is 0 Å². The van der Waals surface area contributed by atoms with Gasteiger partial charge in [-0.2, -0.15) is 0 Å². The van der Waals surface area contributed by atoms with Crippen LogP contribution in [-0.2, 0) is 4.79 Å². The van der Waals surface area contributed by atoms with Crippen molar-refractivity contribution in [3.8, 4) is 0 Å². The van der Waals surface area contributed by atoms with Gasteiger partial charge >= 0.3 is 0 Å². The molecule has 0 saturated carbocycles. The Labute approximate surface area is 96.7 Å². The van der Waals surface area contributed by atoms with Crippen LogP contribution < -0.4 is 0 Å². The molecule has 0 saturated heterocycles. The highest BCUT2D eigenvalue weighted by molar-refractivity contribution is 6.84. The lowest BCUT2D eigenvalue weighted by Crippen LogP contribution is -2.45. The summed E-state index contributed by atoms with van der Waals surface area (Å²) in [6.45, 7) is 15.9. The summed E-state index contributed by atoms with van der Waals surface area (Å²) in [4.78, 5) is 12.1. The first kappa shape index (κ1) is 14.9. The second kappa shape index (κ2) is 5.29. The van der Waals surface area contributed by atoms with Crippen molar-refractivity contribution in [2.24, 2.45) is 0 Å². The summed E-state index contributed by atoms with van der Waals surface area (Å²) in [5.41, 5.74) is 0.345. The summed E-state index contributed by atoms with van der Waals surface area (Å²) in [6, 6.07) is 0. The molecular weight excluding hydrogens is 200 g/mol. The molecule has 15 heavy (non-hydrogen) atoms. The van der Waals surface area contributed by atoms with Crippen LogP contribution in [0.1, 0.15) is 53.9 Å². The number of carbonyl (C=O) groups excluding carboxylic acids is 1. The molecule has 0 N–H and O–H groups in total. The molecule has 0 aliphatic carbocycles. The van der Waals surface area contributed by atoms with Crippen molar-refractivity contribution in [3.63, 3.8) is 0 Å². The minimum Gasteiger partial charge on any atom is -0.300 e. The molecule has 1 nitrogen and oxygen atoms in total. The van der Waals surface area contributed by atoms with E-state index in [9.17, 15) is 4.79 Å². The van der Waals surface area contributed by atoms with Crippen molar-refractivity contribution >= 4 is 13.9 Å². The van der Waals surface area contributed by atoms with E-state index in [1.54, 1.807) is 0 Å². The van der Waals surface area contributed by atoms with Crippen molar-refractivity contribution in [1.82, 2.24) is 0 Å². The van der Waals surface area contributed by atoms with Crippen molar-refractivity contribution in [3.05, 3.63) is 0 Å². The van der Waals surface area contributed by atoms with Crippen molar-refractivity contribution < 1.29 is 4.79 Å². The van der Waals surface area contributed by atoms with E-state index in [4.69, 9.17) is 0 Å². The standard InChI is InChI=1S/C13H28OSi/c1-8-10-11(14)12(9-2)15(6,7)13(3,4)5/h12H,8-10H2,1-7H3/t12-/m0/s1. The van der Waals surface area contributed by atoms with Gasteiger partial charge in [0.2, 0.25) is 0 Å². The smallest absolute Gasteiger partial charge is 0.133 e. The lowest BCUT2D eigenvalue weighted by molar-refractivity contribution is -0.119. The Kier molecular flexibility index (Phi) is 5.25. The van der Waals surface area contributed by atoms with Crippen LogP contribution in [-0.4, -0.2) is 13.9 Å². The maximum absolute atomic E-state index is 12.1. The van der Waals surface area contributed by atoms with Gasteiger partial charge in [-0.1, -0.05) is 47.7 Å². The topological polar surface area (TPSA) is 17.1 Å². The van der Waals surface area contributed by atoms with Crippen molar-refractivity contribution in [2.75, 3.05) is 0 Å². The molecule has 0 radical (unpaired) electrons.